The monoisotopic (exact) mass is 310 g/mol. The van der Waals surface area contributed by atoms with Crippen molar-refractivity contribution in [1.82, 2.24) is 5.32 Å². The molecule has 0 saturated heterocycles. The average Bonchev–Trinajstić information content (AvgIpc) is 2.29. The molecule has 0 saturated carbocycles. The summed E-state index contributed by atoms with van der Waals surface area (Å²) in [5.41, 5.74) is 6.24. The Morgan fingerprint density at radius 2 is 2.11 bits per heavy atom. The van der Waals surface area contributed by atoms with E-state index in [0.29, 0.717) is 23.1 Å². The highest BCUT2D eigenvalue weighted by atomic mass is 35.5. The second kappa shape index (κ2) is 8.59. The number of nitrogens with one attached hydrogen (secondary N) is 1. The van der Waals surface area contributed by atoms with E-state index >= 15 is 0 Å². The van der Waals surface area contributed by atoms with E-state index in [1.54, 1.807) is 18.2 Å². The lowest BCUT2D eigenvalue weighted by Gasteiger charge is -2.10. The zero-order valence-electron chi connectivity index (χ0n) is 10.1. The maximum absolute atomic E-state index is 11.6. The predicted octanol–water partition coefficient (Wildman–Crippen LogP) is 2.67. The van der Waals surface area contributed by atoms with Gasteiger partial charge in [-0.05, 0) is 30.2 Å². The molecule has 1 atom stereocenters. The van der Waals surface area contributed by atoms with E-state index in [9.17, 15) is 4.79 Å². The number of hydrogen-bond donors (Lipinski definition) is 2. The molecular weight excluding hydrogens is 295 g/mol. The molecule has 1 amide bonds. The number of amides is 1. The van der Waals surface area contributed by atoms with Crippen LogP contribution in [0.15, 0.2) is 18.2 Å². The van der Waals surface area contributed by atoms with Gasteiger partial charge in [0.15, 0.2) is 0 Å². The molecule has 1 aromatic carbocycles. The van der Waals surface area contributed by atoms with Crippen molar-refractivity contribution >= 4 is 41.5 Å². The van der Waals surface area contributed by atoms with Crippen molar-refractivity contribution in [2.45, 2.75) is 13.3 Å². The van der Waals surface area contributed by atoms with Gasteiger partial charge < -0.3 is 11.1 Å². The highest BCUT2D eigenvalue weighted by Gasteiger charge is 2.08. The summed E-state index contributed by atoms with van der Waals surface area (Å²) in [4.78, 5) is 11.6. The van der Waals surface area contributed by atoms with Gasteiger partial charge in [0.2, 0.25) is 5.91 Å². The molecule has 0 spiro atoms. The van der Waals surface area contributed by atoms with Crippen LogP contribution < -0.4 is 11.1 Å². The smallest absolute Gasteiger partial charge is 0.224 e. The highest BCUT2D eigenvalue weighted by Crippen LogP contribution is 2.21. The average molecular weight is 312 g/mol. The second-order valence-electron chi connectivity index (χ2n) is 4.06. The molecule has 0 radical (unpaired) electrons. The van der Waals surface area contributed by atoms with Gasteiger partial charge in [-0.3, -0.25) is 4.79 Å². The number of carbonyl (C=O) groups excluding carboxylic acids is 1. The van der Waals surface area contributed by atoms with Gasteiger partial charge in [0.25, 0.3) is 0 Å². The Hall–Kier alpha value is -0.480. The molecular formula is C12H17Cl3N2O. The predicted molar refractivity (Wildman–Crippen MR) is 78.6 cm³/mol. The molecule has 1 unspecified atom stereocenters. The van der Waals surface area contributed by atoms with E-state index in [1.807, 2.05) is 6.92 Å². The van der Waals surface area contributed by atoms with E-state index in [-0.39, 0.29) is 30.7 Å². The number of hydrogen-bond acceptors (Lipinski definition) is 2. The molecule has 0 aliphatic rings. The van der Waals surface area contributed by atoms with Crippen LogP contribution in [0.2, 0.25) is 10.0 Å². The number of carbonyl (C=O) groups is 1. The van der Waals surface area contributed by atoms with Crippen LogP contribution in [0.25, 0.3) is 0 Å². The first-order valence-electron chi connectivity index (χ1n) is 5.43. The zero-order valence-corrected chi connectivity index (χ0v) is 12.4. The third kappa shape index (κ3) is 5.91. The minimum atomic E-state index is -0.0606. The first-order valence-corrected chi connectivity index (χ1v) is 6.19. The fourth-order valence-corrected chi connectivity index (χ4v) is 1.75. The third-order valence-electron chi connectivity index (χ3n) is 2.42. The quantitative estimate of drug-likeness (QED) is 0.878. The second-order valence-corrected chi connectivity index (χ2v) is 4.90. The van der Waals surface area contributed by atoms with Gasteiger partial charge in [-0.25, -0.2) is 0 Å². The molecule has 3 nitrogen and oxygen atoms in total. The van der Waals surface area contributed by atoms with E-state index in [4.69, 9.17) is 28.9 Å². The fourth-order valence-electron chi connectivity index (χ4n) is 1.27. The van der Waals surface area contributed by atoms with Crippen LogP contribution in [-0.2, 0) is 11.2 Å². The molecule has 1 aromatic rings. The summed E-state index contributed by atoms with van der Waals surface area (Å²) in [6, 6.07) is 5.11. The van der Waals surface area contributed by atoms with Crippen LogP contribution in [-0.4, -0.2) is 19.0 Å². The number of nitrogens with two attached hydrogens (primary N) is 1. The summed E-state index contributed by atoms with van der Waals surface area (Å²) in [6.45, 7) is 3.12. The standard InChI is InChI=1S/C12H16Cl2N2O.ClH/c1-8(6-15)7-16-12(17)4-9-2-3-10(13)5-11(9)14;/h2-3,5,8H,4,6-7,15H2,1H3,(H,16,17);1H. The van der Waals surface area contributed by atoms with Crippen molar-refractivity contribution in [2.75, 3.05) is 13.1 Å². The summed E-state index contributed by atoms with van der Waals surface area (Å²) < 4.78 is 0. The van der Waals surface area contributed by atoms with E-state index < -0.39 is 0 Å². The Morgan fingerprint density at radius 3 is 2.67 bits per heavy atom. The van der Waals surface area contributed by atoms with E-state index in [2.05, 4.69) is 5.32 Å². The molecule has 6 heteroatoms. The SMILES string of the molecule is CC(CN)CNC(=O)Cc1ccc(Cl)cc1Cl.Cl. The van der Waals surface area contributed by atoms with Gasteiger partial charge in [0, 0.05) is 16.6 Å². The van der Waals surface area contributed by atoms with Crippen LogP contribution in [0.1, 0.15) is 12.5 Å². The lowest BCUT2D eigenvalue weighted by molar-refractivity contribution is -0.120. The molecule has 0 bridgehead atoms. The maximum Gasteiger partial charge on any atom is 0.224 e. The lowest BCUT2D eigenvalue weighted by Crippen LogP contribution is -2.32. The van der Waals surface area contributed by atoms with Crippen LogP contribution in [0.3, 0.4) is 0 Å². The van der Waals surface area contributed by atoms with Crippen molar-refractivity contribution in [3.8, 4) is 0 Å². The van der Waals surface area contributed by atoms with Crippen LogP contribution in [0, 0.1) is 5.92 Å². The topological polar surface area (TPSA) is 55.1 Å². The molecule has 3 N–H and O–H groups in total. The minimum Gasteiger partial charge on any atom is -0.355 e. The first-order chi connectivity index (χ1) is 8.02. The Labute approximate surface area is 123 Å². The van der Waals surface area contributed by atoms with Crippen LogP contribution in [0.4, 0.5) is 0 Å². The van der Waals surface area contributed by atoms with Gasteiger partial charge in [-0.15, -0.1) is 12.4 Å². The van der Waals surface area contributed by atoms with Gasteiger partial charge in [-0.2, -0.15) is 0 Å². The largest absolute Gasteiger partial charge is 0.355 e. The molecule has 102 valence electrons. The molecule has 0 aromatic heterocycles. The lowest BCUT2D eigenvalue weighted by atomic mass is 10.1. The molecule has 0 aliphatic heterocycles. The Balaban J connectivity index is 0.00000289. The van der Waals surface area contributed by atoms with Crippen LogP contribution >= 0.6 is 35.6 Å². The molecule has 18 heavy (non-hydrogen) atoms. The summed E-state index contributed by atoms with van der Waals surface area (Å²) in [5, 5.41) is 3.89. The van der Waals surface area contributed by atoms with E-state index in [0.717, 1.165) is 5.56 Å². The fraction of sp³-hybridized carbons (Fsp3) is 0.417. The molecule has 0 fully saturated rings. The van der Waals surface area contributed by atoms with Gasteiger partial charge in [-0.1, -0.05) is 36.2 Å². The summed E-state index contributed by atoms with van der Waals surface area (Å²) in [5.74, 6) is 0.217. The Bertz CT molecular complexity index is 399. The third-order valence-corrected chi connectivity index (χ3v) is 3.00. The first kappa shape index (κ1) is 17.5. The normalized spacial score (nSPS) is 11.6. The minimum absolute atomic E-state index is 0. The number of rotatable bonds is 5. The van der Waals surface area contributed by atoms with Crippen molar-refractivity contribution < 1.29 is 4.79 Å². The van der Waals surface area contributed by atoms with Crippen molar-refractivity contribution in [2.24, 2.45) is 11.7 Å². The Morgan fingerprint density at radius 1 is 1.44 bits per heavy atom. The van der Waals surface area contributed by atoms with Crippen LogP contribution in [0.5, 0.6) is 0 Å². The van der Waals surface area contributed by atoms with Gasteiger partial charge in [0.05, 0.1) is 6.42 Å². The van der Waals surface area contributed by atoms with Crippen molar-refractivity contribution in [1.29, 1.82) is 0 Å². The summed E-state index contributed by atoms with van der Waals surface area (Å²) in [6.07, 6.45) is 0.257. The summed E-state index contributed by atoms with van der Waals surface area (Å²) >= 11 is 11.8. The number of halogens is 3. The molecule has 0 aliphatic carbocycles. The highest BCUT2D eigenvalue weighted by molar-refractivity contribution is 6.35. The van der Waals surface area contributed by atoms with Crippen molar-refractivity contribution in [3.05, 3.63) is 33.8 Å². The Kier molecular flexibility index (Phi) is 8.36. The zero-order chi connectivity index (χ0) is 12.8. The molecule has 0 heterocycles. The van der Waals surface area contributed by atoms with Gasteiger partial charge in [0.1, 0.15) is 0 Å². The van der Waals surface area contributed by atoms with Gasteiger partial charge >= 0.3 is 0 Å². The molecule has 1 rings (SSSR count). The maximum atomic E-state index is 11.6. The van der Waals surface area contributed by atoms with Crippen molar-refractivity contribution in [3.63, 3.8) is 0 Å². The number of benzene rings is 1. The van der Waals surface area contributed by atoms with E-state index in [1.165, 1.54) is 0 Å². The summed E-state index contributed by atoms with van der Waals surface area (Å²) in [7, 11) is 0.